The lowest BCUT2D eigenvalue weighted by atomic mass is 9.93. The number of fused-ring (bicyclic) bond motifs is 1. The summed E-state index contributed by atoms with van der Waals surface area (Å²) in [4.78, 5) is 33.7. The molecule has 3 heterocycles. The van der Waals surface area contributed by atoms with Crippen LogP contribution in [0.25, 0.3) is 11.8 Å². The van der Waals surface area contributed by atoms with E-state index in [1.807, 2.05) is 79.0 Å². The molecule has 0 radical (unpaired) electrons. The van der Waals surface area contributed by atoms with Crippen LogP contribution >= 0.6 is 22.7 Å². The number of aryl methyl sites for hydroxylation is 1. The summed E-state index contributed by atoms with van der Waals surface area (Å²) in [6.07, 6.45) is 1.91. The molecule has 1 aliphatic rings. The molecule has 0 saturated heterocycles. The molecule has 182 valence electrons. The van der Waals surface area contributed by atoms with Gasteiger partial charge in [-0.3, -0.25) is 9.36 Å². The van der Waals surface area contributed by atoms with Crippen molar-refractivity contribution in [1.82, 2.24) is 4.57 Å². The smallest absolute Gasteiger partial charge is 0.338 e. The molecule has 1 aliphatic heterocycles. The fourth-order valence-corrected chi connectivity index (χ4v) is 6.13. The maximum atomic E-state index is 13.8. The van der Waals surface area contributed by atoms with Crippen LogP contribution in [0.2, 0.25) is 0 Å². The molecule has 2 aromatic carbocycles. The van der Waals surface area contributed by atoms with Gasteiger partial charge in [-0.1, -0.05) is 53.8 Å². The molecule has 0 N–H and O–H groups in total. The van der Waals surface area contributed by atoms with Crippen LogP contribution in [0, 0.1) is 6.92 Å². The number of esters is 1. The Kier molecular flexibility index (Phi) is 6.71. The minimum atomic E-state index is -0.725. The van der Waals surface area contributed by atoms with Crippen LogP contribution in [0.15, 0.2) is 81.4 Å². The monoisotopic (exact) mass is 516 g/mol. The number of rotatable bonds is 6. The summed E-state index contributed by atoms with van der Waals surface area (Å²) in [6.45, 7) is 3.99. The maximum Gasteiger partial charge on any atom is 0.338 e. The predicted molar refractivity (Wildman–Crippen MR) is 143 cm³/mol. The highest BCUT2D eigenvalue weighted by Gasteiger charge is 2.35. The van der Waals surface area contributed by atoms with Gasteiger partial charge in [0.15, 0.2) is 4.80 Å². The number of hydrogen-bond donors (Lipinski definition) is 0. The second-order valence-electron chi connectivity index (χ2n) is 8.18. The van der Waals surface area contributed by atoms with Gasteiger partial charge in [-0.25, -0.2) is 9.79 Å². The zero-order chi connectivity index (χ0) is 25.2. The molecule has 8 heteroatoms. The number of methoxy groups -OCH3 is 1. The maximum absolute atomic E-state index is 13.8. The Morgan fingerprint density at radius 2 is 1.94 bits per heavy atom. The molecule has 0 amide bonds. The van der Waals surface area contributed by atoms with Crippen molar-refractivity contribution < 1.29 is 14.3 Å². The third-order valence-electron chi connectivity index (χ3n) is 5.95. The van der Waals surface area contributed by atoms with Gasteiger partial charge in [-0.15, -0.1) is 11.3 Å². The van der Waals surface area contributed by atoms with E-state index in [-0.39, 0.29) is 12.2 Å². The molecule has 6 nitrogen and oxygen atoms in total. The highest BCUT2D eigenvalue weighted by atomic mass is 32.1. The Hall–Kier alpha value is -3.75. The number of thiazole rings is 1. The Morgan fingerprint density at radius 3 is 2.64 bits per heavy atom. The van der Waals surface area contributed by atoms with Crippen LogP contribution in [-0.4, -0.2) is 24.3 Å². The highest BCUT2D eigenvalue weighted by Crippen LogP contribution is 2.36. The van der Waals surface area contributed by atoms with Gasteiger partial charge in [0, 0.05) is 10.4 Å². The van der Waals surface area contributed by atoms with E-state index >= 15 is 0 Å². The van der Waals surface area contributed by atoms with Crippen molar-refractivity contribution in [3.8, 4) is 5.75 Å². The lowest BCUT2D eigenvalue weighted by Gasteiger charge is -2.26. The fraction of sp³-hybridized carbons (Fsp3) is 0.179. The average molecular weight is 517 g/mol. The number of ether oxygens (including phenoxy) is 2. The van der Waals surface area contributed by atoms with E-state index < -0.39 is 12.0 Å². The quantitative estimate of drug-likeness (QED) is 0.358. The minimum Gasteiger partial charge on any atom is -0.497 e. The van der Waals surface area contributed by atoms with Crippen molar-refractivity contribution in [3.05, 3.63) is 113 Å². The fourth-order valence-electron chi connectivity index (χ4n) is 4.22. The summed E-state index contributed by atoms with van der Waals surface area (Å²) in [5.41, 5.74) is 3.24. The summed E-state index contributed by atoms with van der Waals surface area (Å²) in [5.74, 6) is 0.126. The highest BCUT2D eigenvalue weighted by molar-refractivity contribution is 7.11. The first kappa shape index (κ1) is 24.0. The molecule has 0 bridgehead atoms. The van der Waals surface area contributed by atoms with Crippen molar-refractivity contribution in [2.45, 2.75) is 19.9 Å². The molecule has 0 spiro atoms. The van der Waals surface area contributed by atoms with Gasteiger partial charge in [0.05, 0.1) is 35.6 Å². The molecule has 2 aromatic heterocycles. The summed E-state index contributed by atoms with van der Waals surface area (Å²) < 4.78 is 13.1. The molecule has 0 fully saturated rings. The van der Waals surface area contributed by atoms with Crippen molar-refractivity contribution in [2.24, 2.45) is 4.99 Å². The van der Waals surface area contributed by atoms with Crippen molar-refractivity contribution in [1.29, 1.82) is 0 Å². The Bertz CT molecular complexity index is 1640. The SMILES string of the molecule is CCOC(=O)C1=C(c2ccccc2)N=c2sc(=Cc3sccc3C)c(=O)n2[C@H]1c1cccc(OC)c1. The van der Waals surface area contributed by atoms with E-state index in [9.17, 15) is 9.59 Å². The van der Waals surface area contributed by atoms with Crippen LogP contribution in [0.5, 0.6) is 5.75 Å². The number of aromatic nitrogens is 1. The van der Waals surface area contributed by atoms with Crippen molar-refractivity contribution in [3.63, 3.8) is 0 Å². The molecular formula is C28H24N2O4S2. The minimum absolute atomic E-state index is 0.201. The van der Waals surface area contributed by atoms with Gasteiger partial charge in [-0.2, -0.15) is 0 Å². The number of carbonyl (C=O) groups is 1. The van der Waals surface area contributed by atoms with Gasteiger partial charge in [0.2, 0.25) is 0 Å². The van der Waals surface area contributed by atoms with Crippen molar-refractivity contribution >= 4 is 40.4 Å². The lowest BCUT2D eigenvalue weighted by molar-refractivity contribution is -0.138. The normalized spacial score (nSPS) is 15.4. The molecule has 0 saturated carbocycles. The Morgan fingerprint density at radius 1 is 1.14 bits per heavy atom. The molecule has 36 heavy (non-hydrogen) atoms. The standard InChI is InChI=1S/C28H24N2O4S2/c1-4-34-27(32)23-24(18-9-6-5-7-10-18)29-28-30(25(23)19-11-8-12-20(15-19)33-3)26(31)22(36-28)16-21-17(2)13-14-35-21/h5-16,25H,4H2,1-3H3/t25-/m0/s1. The Labute approximate surface area is 216 Å². The average Bonchev–Trinajstić information content (AvgIpc) is 3.45. The number of carbonyl (C=O) groups excluding carboxylic acids is 1. The number of hydrogen-bond acceptors (Lipinski definition) is 7. The van der Waals surface area contributed by atoms with E-state index in [2.05, 4.69) is 0 Å². The van der Waals surface area contributed by atoms with Gasteiger partial charge >= 0.3 is 5.97 Å². The first-order chi connectivity index (χ1) is 17.5. The zero-order valence-electron chi connectivity index (χ0n) is 20.1. The van der Waals surface area contributed by atoms with Crippen LogP contribution in [0.1, 0.15) is 34.5 Å². The molecule has 0 aliphatic carbocycles. The first-order valence-electron chi connectivity index (χ1n) is 11.5. The summed E-state index contributed by atoms with van der Waals surface area (Å²) in [6, 6.07) is 18.2. The topological polar surface area (TPSA) is 69.9 Å². The molecule has 4 aromatic rings. The lowest BCUT2D eigenvalue weighted by Crippen LogP contribution is -2.40. The van der Waals surface area contributed by atoms with Crippen LogP contribution < -0.4 is 19.6 Å². The molecule has 0 unspecified atom stereocenters. The summed E-state index contributed by atoms with van der Waals surface area (Å²) in [7, 11) is 1.59. The summed E-state index contributed by atoms with van der Waals surface area (Å²) in [5, 5.41) is 2.00. The second kappa shape index (κ2) is 10.1. The zero-order valence-corrected chi connectivity index (χ0v) is 21.7. The third kappa shape index (κ3) is 4.34. The van der Waals surface area contributed by atoms with Gasteiger partial charge in [0.25, 0.3) is 5.56 Å². The summed E-state index contributed by atoms with van der Waals surface area (Å²) >= 11 is 2.90. The molecule has 5 rings (SSSR count). The third-order valence-corrected chi connectivity index (χ3v) is 7.90. The predicted octanol–water partition coefficient (Wildman–Crippen LogP) is 4.31. The number of nitrogens with zero attached hydrogens (tertiary/aromatic N) is 2. The van der Waals surface area contributed by atoms with E-state index in [4.69, 9.17) is 14.5 Å². The van der Waals surface area contributed by atoms with E-state index in [0.29, 0.717) is 26.4 Å². The van der Waals surface area contributed by atoms with E-state index in [1.54, 1.807) is 29.9 Å². The second-order valence-corrected chi connectivity index (χ2v) is 10.1. The van der Waals surface area contributed by atoms with E-state index in [1.165, 1.54) is 11.3 Å². The molecular weight excluding hydrogens is 492 g/mol. The van der Waals surface area contributed by atoms with E-state index in [0.717, 1.165) is 21.6 Å². The van der Waals surface area contributed by atoms with Crippen LogP contribution in [0.4, 0.5) is 0 Å². The van der Waals surface area contributed by atoms with Gasteiger partial charge in [-0.05, 0) is 54.6 Å². The molecule has 1 atom stereocenters. The number of benzene rings is 2. The van der Waals surface area contributed by atoms with Crippen LogP contribution in [-0.2, 0) is 9.53 Å². The Balaban J connectivity index is 1.85. The van der Waals surface area contributed by atoms with Gasteiger partial charge in [0.1, 0.15) is 5.75 Å². The number of thiophene rings is 1. The largest absolute Gasteiger partial charge is 0.497 e. The van der Waals surface area contributed by atoms with Crippen LogP contribution in [0.3, 0.4) is 0 Å². The first-order valence-corrected chi connectivity index (χ1v) is 13.2. The van der Waals surface area contributed by atoms with Crippen molar-refractivity contribution in [2.75, 3.05) is 13.7 Å². The van der Waals surface area contributed by atoms with Gasteiger partial charge < -0.3 is 9.47 Å².